The number of methoxy groups -OCH3 is 1. The van der Waals surface area contributed by atoms with E-state index in [-0.39, 0.29) is 35.2 Å². The summed E-state index contributed by atoms with van der Waals surface area (Å²) in [6.07, 6.45) is 3.03. The average molecular weight is 842 g/mol. The van der Waals surface area contributed by atoms with Gasteiger partial charge in [0.05, 0.1) is 30.0 Å². The van der Waals surface area contributed by atoms with E-state index in [1.165, 1.54) is 23.0 Å². The summed E-state index contributed by atoms with van der Waals surface area (Å²) in [6.45, 7) is 1.98. The maximum atomic E-state index is 17.3. The summed E-state index contributed by atoms with van der Waals surface area (Å²) in [5.41, 5.74) is -1.35. The molecule has 0 spiro atoms. The Labute approximate surface area is 324 Å². The molecular formula is C41H34F2IN5O5. The predicted octanol–water partition coefficient (Wildman–Crippen LogP) is 7.83. The fraction of sp³-hybridized carbons (Fsp3) is 0.220. The molecule has 0 saturated carbocycles. The molecule has 274 valence electrons. The van der Waals surface area contributed by atoms with Crippen LogP contribution in [0, 0.1) is 12.3 Å². The van der Waals surface area contributed by atoms with Gasteiger partial charge in [-0.05, 0) is 47.9 Å². The van der Waals surface area contributed by atoms with E-state index in [0.29, 0.717) is 5.75 Å². The van der Waals surface area contributed by atoms with Crippen LogP contribution in [0.4, 0.5) is 14.7 Å². The van der Waals surface area contributed by atoms with E-state index in [1.807, 2.05) is 90.8 Å². The lowest BCUT2D eigenvalue weighted by Gasteiger charge is -2.37. The quantitative estimate of drug-likeness (QED) is 0.0434. The number of rotatable bonds is 12. The Morgan fingerprint density at radius 3 is 2.09 bits per heavy atom. The van der Waals surface area contributed by atoms with Gasteiger partial charge in [0.1, 0.15) is 11.3 Å². The summed E-state index contributed by atoms with van der Waals surface area (Å²) in [6, 6.07) is 34.9. The van der Waals surface area contributed by atoms with Crippen LogP contribution >= 0.6 is 22.6 Å². The van der Waals surface area contributed by atoms with Crippen molar-refractivity contribution in [3.05, 3.63) is 144 Å². The maximum Gasteiger partial charge on any atom is 0.338 e. The normalized spacial score (nSPS) is 21.0. The van der Waals surface area contributed by atoms with E-state index in [4.69, 9.17) is 35.3 Å². The van der Waals surface area contributed by atoms with Gasteiger partial charge in [0, 0.05) is 0 Å². The van der Waals surface area contributed by atoms with Crippen LogP contribution in [-0.4, -0.2) is 61.3 Å². The largest absolute Gasteiger partial charge is 0.497 e. The van der Waals surface area contributed by atoms with Gasteiger partial charge in [-0.2, -0.15) is 9.97 Å². The highest BCUT2D eigenvalue weighted by Gasteiger charge is 2.69. The lowest BCUT2D eigenvalue weighted by Crippen LogP contribution is -2.49. The van der Waals surface area contributed by atoms with Crippen molar-refractivity contribution >= 4 is 45.7 Å². The van der Waals surface area contributed by atoms with Crippen LogP contribution in [0.25, 0.3) is 11.2 Å². The molecule has 2 aromatic heterocycles. The minimum atomic E-state index is -3.01. The standard InChI is InChI=1S/C41H34F2IN5O5/c1-4-39(42)36(53-35(50)27-15-9-6-10-16-27)40(43,25-44)54-37(39)49-26-45-32-33(49)46-38(47-34(32)52-5-2)48-41(28-17-11-7-12-18-28,29-19-13-8-14-20-29)30-21-23-31(51-3)24-22-30/h1,6-24,26,36-37H,5,25H2,2-3H3,(H,46,47,48)/t36-,37+,39+,40+/m0/s1. The zero-order valence-electron chi connectivity index (χ0n) is 29.2. The van der Waals surface area contributed by atoms with Crippen molar-refractivity contribution in [3.8, 4) is 24.0 Å². The molecule has 0 radical (unpaired) electrons. The van der Waals surface area contributed by atoms with Crippen molar-refractivity contribution < 1.29 is 32.5 Å². The summed E-state index contributed by atoms with van der Waals surface area (Å²) < 4.78 is 57.5. The summed E-state index contributed by atoms with van der Waals surface area (Å²) in [7, 11) is 1.60. The number of hydrogen-bond donors (Lipinski definition) is 1. The fourth-order valence-electron chi connectivity index (χ4n) is 6.66. The summed E-state index contributed by atoms with van der Waals surface area (Å²) in [4.78, 5) is 27.2. The first-order chi connectivity index (χ1) is 26.2. The van der Waals surface area contributed by atoms with Crippen LogP contribution in [0.15, 0.2) is 122 Å². The second-order valence-electron chi connectivity index (χ2n) is 12.4. The first kappa shape index (κ1) is 36.8. The second-order valence-corrected chi connectivity index (χ2v) is 13.2. The van der Waals surface area contributed by atoms with Crippen molar-refractivity contribution in [1.82, 2.24) is 19.5 Å². The molecule has 3 heterocycles. The third-order valence-corrected chi connectivity index (χ3v) is 10.3. The van der Waals surface area contributed by atoms with Crippen LogP contribution in [-0.2, 0) is 15.0 Å². The van der Waals surface area contributed by atoms with E-state index < -0.39 is 39.8 Å². The molecule has 0 bridgehead atoms. The number of aromatic nitrogens is 4. The Kier molecular flexibility index (Phi) is 10.2. The van der Waals surface area contributed by atoms with Gasteiger partial charge in [0.25, 0.3) is 11.5 Å². The number of nitrogens with zero attached hydrogens (tertiary/aromatic N) is 4. The number of fused-ring (bicyclic) bond motifs is 1. The van der Waals surface area contributed by atoms with Crippen molar-refractivity contribution in [3.63, 3.8) is 0 Å². The molecule has 10 nitrogen and oxygen atoms in total. The number of benzene rings is 4. The van der Waals surface area contributed by atoms with Crippen molar-refractivity contribution in [2.75, 3.05) is 23.5 Å². The summed E-state index contributed by atoms with van der Waals surface area (Å²) in [5.74, 6) is -0.945. The lowest BCUT2D eigenvalue weighted by molar-refractivity contribution is -0.168. The SMILES string of the molecule is C#C[C@]1(F)[C@H](n2cnc3c(OCC)nc(NC(c4ccccc4)(c4ccccc4)c4ccc(OC)cc4)nc32)O[C@](F)(CI)[C@H]1OC(=O)c1ccccc1. The van der Waals surface area contributed by atoms with Gasteiger partial charge in [0.2, 0.25) is 17.9 Å². The molecule has 0 aliphatic carbocycles. The zero-order chi connectivity index (χ0) is 37.9. The van der Waals surface area contributed by atoms with E-state index in [9.17, 15) is 4.79 Å². The van der Waals surface area contributed by atoms with Gasteiger partial charge in [-0.15, -0.1) is 6.42 Å². The Bertz CT molecular complexity index is 2250. The molecule has 13 heteroatoms. The smallest absolute Gasteiger partial charge is 0.338 e. The van der Waals surface area contributed by atoms with E-state index >= 15 is 8.78 Å². The van der Waals surface area contributed by atoms with Gasteiger partial charge in [-0.3, -0.25) is 4.57 Å². The Balaban J connectivity index is 1.39. The summed E-state index contributed by atoms with van der Waals surface area (Å²) >= 11 is 1.70. The maximum absolute atomic E-state index is 17.3. The first-order valence-corrected chi connectivity index (χ1v) is 18.5. The third kappa shape index (κ3) is 6.39. The number of terminal acetylenes is 1. The van der Waals surface area contributed by atoms with Crippen LogP contribution in [0.5, 0.6) is 11.6 Å². The number of carbonyl (C=O) groups excluding carboxylic acids is 1. The van der Waals surface area contributed by atoms with Gasteiger partial charge in [-0.25, -0.2) is 18.6 Å². The molecule has 1 saturated heterocycles. The fourth-order valence-corrected chi connectivity index (χ4v) is 7.24. The minimum absolute atomic E-state index is 0.0221. The predicted molar refractivity (Wildman–Crippen MR) is 207 cm³/mol. The molecule has 7 rings (SSSR count). The van der Waals surface area contributed by atoms with Crippen molar-refractivity contribution in [1.29, 1.82) is 0 Å². The molecular weight excluding hydrogens is 807 g/mol. The molecule has 0 amide bonds. The number of imidazole rings is 1. The molecule has 4 aromatic carbocycles. The Morgan fingerprint density at radius 1 is 0.944 bits per heavy atom. The van der Waals surface area contributed by atoms with E-state index in [0.717, 1.165) is 16.7 Å². The Morgan fingerprint density at radius 2 is 1.54 bits per heavy atom. The van der Waals surface area contributed by atoms with Crippen molar-refractivity contribution in [2.24, 2.45) is 0 Å². The lowest BCUT2D eigenvalue weighted by atomic mass is 9.77. The molecule has 1 fully saturated rings. The minimum Gasteiger partial charge on any atom is -0.497 e. The average Bonchev–Trinajstić information content (AvgIpc) is 3.74. The number of halogens is 3. The molecule has 6 aromatic rings. The molecule has 0 unspecified atom stereocenters. The third-order valence-electron chi connectivity index (χ3n) is 9.24. The van der Waals surface area contributed by atoms with Crippen LogP contribution < -0.4 is 14.8 Å². The highest BCUT2D eigenvalue weighted by atomic mass is 127. The number of carbonyl (C=O) groups is 1. The van der Waals surface area contributed by atoms with Gasteiger partial charge < -0.3 is 24.3 Å². The number of hydrogen-bond acceptors (Lipinski definition) is 9. The molecule has 1 aliphatic rings. The molecule has 4 atom stereocenters. The summed E-state index contributed by atoms with van der Waals surface area (Å²) in [5, 5.41) is 3.59. The van der Waals surface area contributed by atoms with Gasteiger partial charge >= 0.3 is 5.97 Å². The van der Waals surface area contributed by atoms with Gasteiger partial charge in [-0.1, -0.05) is 120 Å². The molecule has 54 heavy (non-hydrogen) atoms. The number of anilines is 1. The second kappa shape index (κ2) is 15.0. The monoisotopic (exact) mass is 841 g/mol. The van der Waals surface area contributed by atoms with E-state index in [1.54, 1.807) is 54.8 Å². The Hall–Kier alpha value is -5.59. The zero-order valence-corrected chi connectivity index (χ0v) is 31.3. The first-order valence-electron chi connectivity index (χ1n) is 17.0. The van der Waals surface area contributed by atoms with Gasteiger partial charge in [0.15, 0.2) is 17.4 Å². The number of esters is 1. The van der Waals surface area contributed by atoms with E-state index in [2.05, 4.69) is 10.3 Å². The van der Waals surface area contributed by atoms with Crippen LogP contribution in [0.1, 0.15) is 40.2 Å². The molecule has 1 N–H and O–H groups in total. The van der Waals surface area contributed by atoms with Crippen LogP contribution in [0.2, 0.25) is 0 Å². The number of ether oxygens (including phenoxy) is 4. The highest BCUT2D eigenvalue weighted by molar-refractivity contribution is 14.1. The number of nitrogens with one attached hydrogen (secondary N) is 1. The highest BCUT2D eigenvalue weighted by Crippen LogP contribution is 2.51. The van der Waals surface area contributed by atoms with Crippen LogP contribution in [0.3, 0.4) is 0 Å². The molecule has 1 aliphatic heterocycles. The topological polar surface area (TPSA) is 110 Å². The van der Waals surface area contributed by atoms with Crippen molar-refractivity contribution in [2.45, 2.75) is 36.3 Å². The number of alkyl halides is 3.